The van der Waals surface area contributed by atoms with Crippen LogP contribution in [0.15, 0.2) is 66.7 Å². The van der Waals surface area contributed by atoms with E-state index in [1.807, 2.05) is 62.4 Å². The normalized spacial score (nSPS) is 10.4. The molecule has 0 saturated carbocycles. The van der Waals surface area contributed by atoms with E-state index in [4.69, 9.17) is 24.7 Å². The van der Waals surface area contributed by atoms with Gasteiger partial charge in [0.2, 0.25) is 0 Å². The Morgan fingerprint density at radius 1 is 0.806 bits per heavy atom. The van der Waals surface area contributed by atoms with E-state index < -0.39 is 5.97 Å². The highest BCUT2D eigenvalue weighted by Gasteiger charge is 2.13. The molecule has 1 amide bonds. The number of nitrogens with one attached hydrogen (secondary N) is 1. The SMILES string of the molecule is CCOc1ccc(CCNC(=O)COc2cc(C(=O)OCc3ccccc3)ccc2N)cc1OCC. The zero-order valence-corrected chi connectivity index (χ0v) is 20.6. The molecule has 0 heterocycles. The maximum Gasteiger partial charge on any atom is 0.338 e. The Labute approximate surface area is 211 Å². The summed E-state index contributed by atoms with van der Waals surface area (Å²) in [5, 5.41) is 2.82. The molecule has 0 aliphatic rings. The number of nitrogen functional groups attached to an aromatic ring is 1. The molecule has 190 valence electrons. The lowest BCUT2D eigenvalue weighted by Crippen LogP contribution is -2.30. The van der Waals surface area contributed by atoms with E-state index in [9.17, 15) is 9.59 Å². The number of anilines is 1. The van der Waals surface area contributed by atoms with Crippen molar-refractivity contribution in [3.8, 4) is 17.2 Å². The van der Waals surface area contributed by atoms with Crippen LogP contribution in [0.4, 0.5) is 5.69 Å². The van der Waals surface area contributed by atoms with Gasteiger partial charge in [-0.3, -0.25) is 4.79 Å². The van der Waals surface area contributed by atoms with Gasteiger partial charge in [0.1, 0.15) is 12.4 Å². The maximum absolute atomic E-state index is 12.4. The molecular weight excluding hydrogens is 460 g/mol. The first-order chi connectivity index (χ1) is 17.5. The zero-order valence-electron chi connectivity index (χ0n) is 20.6. The average Bonchev–Trinajstić information content (AvgIpc) is 2.89. The number of hydrogen-bond acceptors (Lipinski definition) is 7. The number of esters is 1. The van der Waals surface area contributed by atoms with Crippen LogP contribution in [0.1, 0.15) is 35.3 Å². The summed E-state index contributed by atoms with van der Waals surface area (Å²) in [6.07, 6.45) is 0.614. The van der Waals surface area contributed by atoms with Crippen molar-refractivity contribution in [2.45, 2.75) is 26.9 Å². The largest absolute Gasteiger partial charge is 0.490 e. The monoisotopic (exact) mass is 492 g/mol. The van der Waals surface area contributed by atoms with Gasteiger partial charge in [-0.2, -0.15) is 0 Å². The van der Waals surface area contributed by atoms with Crippen molar-refractivity contribution < 1.29 is 28.5 Å². The number of rotatable bonds is 13. The molecule has 0 atom stereocenters. The fourth-order valence-corrected chi connectivity index (χ4v) is 3.38. The van der Waals surface area contributed by atoms with E-state index in [-0.39, 0.29) is 30.4 Å². The van der Waals surface area contributed by atoms with Crippen molar-refractivity contribution in [1.29, 1.82) is 0 Å². The van der Waals surface area contributed by atoms with Crippen molar-refractivity contribution >= 4 is 17.6 Å². The first-order valence-corrected chi connectivity index (χ1v) is 11.9. The van der Waals surface area contributed by atoms with Crippen LogP contribution in [0.5, 0.6) is 17.2 Å². The third kappa shape index (κ3) is 7.94. The molecule has 0 spiro atoms. The average molecular weight is 493 g/mol. The summed E-state index contributed by atoms with van der Waals surface area (Å²) in [5.41, 5.74) is 8.46. The van der Waals surface area contributed by atoms with E-state index in [1.54, 1.807) is 12.1 Å². The molecule has 3 rings (SSSR count). The Kier molecular flexibility index (Phi) is 10.00. The van der Waals surface area contributed by atoms with Gasteiger partial charge in [-0.25, -0.2) is 4.79 Å². The number of nitrogens with two attached hydrogens (primary N) is 1. The van der Waals surface area contributed by atoms with Gasteiger partial charge in [0, 0.05) is 6.54 Å². The molecule has 0 unspecified atom stereocenters. The standard InChI is InChI=1S/C28H32N2O6/c1-3-33-24-13-10-20(16-26(24)34-4-2)14-15-30-27(31)19-35-25-17-22(11-12-23(25)29)28(32)36-18-21-8-6-5-7-9-21/h5-13,16-17H,3-4,14-15,18-19,29H2,1-2H3,(H,30,31). The smallest absolute Gasteiger partial charge is 0.338 e. The van der Waals surface area contributed by atoms with E-state index >= 15 is 0 Å². The van der Waals surface area contributed by atoms with Gasteiger partial charge < -0.3 is 30.0 Å². The number of ether oxygens (including phenoxy) is 4. The lowest BCUT2D eigenvalue weighted by molar-refractivity contribution is -0.123. The van der Waals surface area contributed by atoms with Crippen LogP contribution in [-0.2, 0) is 22.6 Å². The maximum atomic E-state index is 12.4. The minimum atomic E-state index is -0.505. The first kappa shape index (κ1) is 26.4. The Morgan fingerprint density at radius 3 is 2.31 bits per heavy atom. The summed E-state index contributed by atoms with van der Waals surface area (Å²) in [4.78, 5) is 24.7. The number of amides is 1. The molecule has 0 bridgehead atoms. The predicted molar refractivity (Wildman–Crippen MR) is 137 cm³/mol. The van der Waals surface area contributed by atoms with Crippen LogP contribution in [-0.4, -0.2) is 38.2 Å². The second-order valence-corrected chi connectivity index (χ2v) is 7.85. The van der Waals surface area contributed by atoms with Crippen LogP contribution < -0.4 is 25.3 Å². The van der Waals surface area contributed by atoms with Gasteiger partial charge >= 0.3 is 5.97 Å². The molecule has 0 aliphatic heterocycles. The van der Waals surface area contributed by atoms with Gasteiger partial charge in [-0.05, 0) is 61.7 Å². The first-order valence-electron chi connectivity index (χ1n) is 11.9. The predicted octanol–water partition coefficient (Wildman–Crippen LogP) is 4.16. The Morgan fingerprint density at radius 2 is 1.56 bits per heavy atom. The van der Waals surface area contributed by atoms with Crippen molar-refractivity contribution in [2.24, 2.45) is 0 Å². The van der Waals surface area contributed by atoms with Gasteiger partial charge in [-0.15, -0.1) is 0 Å². The van der Waals surface area contributed by atoms with Crippen molar-refractivity contribution in [3.63, 3.8) is 0 Å². The van der Waals surface area contributed by atoms with Crippen molar-refractivity contribution in [1.82, 2.24) is 5.32 Å². The summed E-state index contributed by atoms with van der Waals surface area (Å²) >= 11 is 0. The van der Waals surface area contributed by atoms with Crippen LogP contribution in [0.2, 0.25) is 0 Å². The van der Waals surface area contributed by atoms with Gasteiger partial charge in [0.25, 0.3) is 5.91 Å². The summed E-state index contributed by atoms with van der Waals surface area (Å²) < 4.78 is 22.1. The quantitative estimate of drug-likeness (QED) is 0.272. The molecule has 0 radical (unpaired) electrons. The third-order valence-electron chi connectivity index (χ3n) is 5.16. The Bertz CT molecular complexity index is 1150. The fraction of sp³-hybridized carbons (Fsp3) is 0.286. The molecule has 8 heteroatoms. The molecule has 0 aromatic heterocycles. The van der Waals surface area contributed by atoms with Crippen LogP contribution in [0.25, 0.3) is 0 Å². The van der Waals surface area contributed by atoms with Gasteiger partial charge in [-0.1, -0.05) is 36.4 Å². The second-order valence-electron chi connectivity index (χ2n) is 7.85. The molecule has 3 N–H and O–H groups in total. The molecular formula is C28H32N2O6. The topological polar surface area (TPSA) is 109 Å². The molecule has 36 heavy (non-hydrogen) atoms. The second kappa shape index (κ2) is 13.6. The number of hydrogen-bond donors (Lipinski definition) is 2. The molecule has 3 aromatic carbocycles. The lowest BCUT2D eigenvalue weighted by Gasteiger charge is -2.13. The minimum Gasteiger partial charge on any atom is -0.490 e. The van der Waals surface area contributed by atoms with E-state index in [1.165, 1.54) is 6.07 Å². The van der Waals surface area contributed by atoms with Crippen LogP contribution >= 0.6 is 0 Å². The van der Waals surface area contributed by atoms with Crippen LogP contribution in [0.3, 0.4) is 0 Å². The number of benzene rings is 3. The van der Waals surface area contributed by atoms with E-state index in [0.29, 0.717) is 43.4 Å². The summed E-state index contributed by atoms with van der Waals surface area (Å²) in [5.74, 6) is 0.818. The Balaban J connectivity index is 1.48. The van der Waals surface area contributed by atoms with Crippen LogP contribution in [0, 0.1) is 0 Å². The molecule has 0 saturated heterocycles. The highest BCUT2D eigenvalue weighted by atomic mass is 16.5. The third-order valence-corrected chi connectivity index (χ3v) is 5.16. The number of carbonyl (C=O) groups excluding carboxylic acids is 2. The highest BCUT2D eigenvalue weighted by molar-refractivity contribution is 5.90. The fourth-order valence-electron chi connectivity index (χ4n) is 3.38. The zero-order chi connectivity index (χ0) is 25.8. The molecule has 0 fully saturated rings. The summed E-state index contributed by atoms with van der Waals surface area (Å²) in [6, 6.07) is 19.7. The highest BCUT2D eigenvalue weighted by Crippen LogP contribution is 2.28. The van der Waals surface area contributed by atoms with Gasteiger partial charge in [0.05, 0.1) is 24.5 Å². The summed E-state index contributed by atoms with van der Waals surface area (Å²) in [7, 11) is 0. The Hall–Kier alpha value is -4.20. The van der Waals surface area contributed by atoms with E-state index in [2.05, 4.69) is 5.32 Å². The molecule has 0 aliphatic carbocycles. The lowest BCUT2D eigenvalue weighted by atomic mass is 10.1. The number of carbonyl (C=O) groups is 2. The van der Waals surface area contributed by atoms with Gasteiger partial charge in [0.15, 0.2) is 18.1 Å². The summed E-state index contributed by atoms with van der Waals surface area (Å²) in [6.45, 7) is 5.26. The minimum absolute atomic E-state index is 0.156. The molecule has 8 nitrogen and oxygen atoms in total. The van der Waals surface area contributed by atoms with E-state index in [0.717, 1.165) is 11.1 Å². The van der Waals surface area contributed by atoms with Crippen molar-refractivity contribution in [2.75, 3.05) is 32.1 Å². The molecule has 3 aromatic rings. The van der Waals surface area contributed by atoms with Crippen molar-refractivity contribution in [3.05, 3.63) is 83.4 Å².